The molecule has 1 aliphatic carbocycles. The molecule has 2 N–H and O–H groups in total. The Balaban J connectivity index is 2.57. The van der Waals surface area contributed by atoms with Crippen LogP contribution in [0.5, 0.6) is 0 Å². The number of hydrogen-bond acceptors (Lipinski definition) is 3. The number of aliphatic carboxylic acids is 1. The summed E-state index contributed by atoms with van der Waals surface area (Å²) in [5, 5.41) is 18.6. The smallest absolute Gasteiger partial charge is 0.318 e. The first-order valence-corrected chi connectivity index (χ1v) is 4.99. The molecule has 4 heteroatoms. The maximum atomic E-state index is 11.3. The van der Waals surface area contributed by atoms with Gasteiger partial charge in [0.1, 0.15) is 5.41 Å². The van der Waals surface area contributed by atoms with Gasteiger partial charge >= 0.3 is 5.97 Å². The van der Waals surface area contributed by atoms with Crippen LogP contribution < -0.4 is 0 Å². The molecule has 1 aromatic heterocycles. The minimum Gasteiger partial charge on any atom is -0.480 e. The van der Waals surface area contributed by atoms with Crippen LogP contribution in [0.1, 0.15) is 24.1 Å². The summed E-state index contributed by atoms with van der Waals surface area (Å²) in [5.74, 6) is -0.982. The molecule has 4 nitrogen and oxygen atoms in total. The van der Waals surface area contributed by atoms with Gasteiger partial charge in [-0.3, -0.25) is 9.78 Å². The van der Waals surface area contributed by atoms with Gasteiger partial charge in [-0.1, -0.05) is 6.07 Å². The molecule has 1 aromatic rings. The zero-order chi connectivity index (χ0) is 10.9. The number of rotatable bonds is 2. The van der Waals surface area contributed by atoms with Crippen LogP contribution in [0, 0.1) is 0 Å². The Morgan fingerprint density at radius 1 is 1.60 bits per heavy atom. The first-order chi connectivity index (χ1) is 7.20. The van der Waals surface area contributed by atoms with E-state index in [1.807, 2.05) is 6.07 Å². The van der Waals surface area contributed by atoms with E-state index in [2.05, 4.69) is 4.98 Å². The number of aromatic nitrogens is 1. The van der Waals surface area contributed by atoms with Gasteiger partial charge in [-0.05, 0) is 30.9 Å². The summed E-state index contributed by atoms with van der Waals surface area (Å²) in [7, 11) is 0. The Morgan fingerprint density at radius 2 is 2.40 bits per heavy atom. The fraction of sp³-hybridized carbons (Fsp3) is 0.455. The summed E-state index contributed by atoms with van der Waals surface area (Å²) in [6.45, 7) is -0.383. The monoisotopic (exact) mass is 207 g/mol. The molecule has 1 aliphatic rings. The summed E-state index contributed by atoms with van der Waals surface area (Å²) in [6.07, 6.45) is 3.67. The molecule has 0 bridgehead atoms. The molecule has 0 aromatic carbocycles. The lowest BCUT2D eigenvalue weighted by atomic mass is 9.73. The highest BCUT2D eigenvalue weighted by Crippen LogP contribution is 2.35. The third-order valence-corrected chi connectivity index (χ3v) is 3.07. The Hall–Kier alpha value is -1.42. The first kappa shape index (κ1) is 10.1. The van der Waals surface area contributed by atoms with E-state index in [4.69, 9.17) is 0 Å². The number of fused-ring (bicyclic) bond motifs is 1. The number of pyridine rings is 1. The van der Waals surface area contributed by atoms with Gasteiger partial charge < -0.3 is 10.2 Å². The second-order valence-corrected chi connectivity index (χ2v) is 3.91. The maximum Gasteiger partial charge on any atom is 0.318 e. The minimum atomic E-state index is -1.19. The number of hydrogen-bond donors (Lipinski definition) is 2. The van der Waals surface area contributed by atoms with E-state index in [0.717, 1.165) is 18.4 Å². The van der Waals surface area contributed by atoms with Crippen LogP contribution >= 0.6 is 0 Å². The summed E-state index contributed by atoms with van der Waals surface area (Å²) in [5.41, 5.74) is 0.293. The Labute approximate surface area is 87.6 Å². The van der Waals surface area contributed by atoms with E-state index in [1.54, 1.807) is 12.3 Å². The molecule has 0 radical (unpaired) electrons. The van der Waals surface area contributed by atoms with Gasteiger partial charge in [-0.25, -0.2) is 0 Å². The van der Waals surface area contributed by atoms with Gasteiger partial charge in [0, 0.05) is 6.20 Å². The van der Waals surface area contributed by atoms with Crippen LogP contribution in [0.2, 0.25) is 0 Å². The molecule has 15 heavy (non-hydrogen) atoms. The van der Waals surface area contributed by atoms with Crippen LogP contribution in [0.4, 0.5) is 0 Å². The fourth-order valence-corrected chi connectivity index (χ4v) is 2.20. The highest BCUT2D eigenvalue weighted by molar-refractivity contribution is 5.81. The summed E-state index contributed by atoms with van der Waals surface area (Å²) in [4.78, 5) is 15.4. The van der Waals surface area contributed by atoms with Crippen molar-refractivity contribution in [2.75, 3.05) is 6.61 Å². The third kappa shape index (κ3) is 1.41. The summed E-state index contributed by atoms with van der Waals surface area (Å²) >= 11 is 0. The van der Waals surface area contributed by atoms with Gasteiger partial charge in [0.25, 0.3) is 0 Å². The van der Waals surface area contributed by atoms with Crippen molar-refractivity contribution in [3.05, 3.63) is 29.6 Å². The predicted molar refractivity (Wildman–Crippen MR) is 53.6 cm³/mol. The van der Waals surface area contributed by atoms with E-state index in [9.17, 15) is 15.0 Å². The van der Waals surface area contributed by atoms with Crippen molar-refractivity contribution < 1.29 is 15.0 Å². The molecular weight excluding hydrogens is 194 g/mol. The Bertz CT molecular complexity index is 391. The molecule has 2 rings (SSSR count). The largest absolute Gasteiger partial charge is 0.480 e. The first-order valence-electron chi connectivity index (χ1n) is 4.99. The maximum absolute atomic E-state index is 11.3. The lowest BCUT2D eigenvalue weighted by Gasteiger charge is -2.32. The average molecular weight is 207 g/mol. The van der Waals surface area contributed by atoms with Gasteiger partial charge in [0.15, 0.2) is 0 Å². The summed E-state index contributed by atoms with van der Waals surface area (Å²) < 4.78 is 0. The number of aryl methyl sites for hydroxylation is 1. The normalized spacial score (nSPS) is 24.6. The van der Waals surface area contributed by atoms with Crippen molar-refractivity contribution in [2.24, 2.45) is 0 Å². The van der Waals surface area contributed by atoms with Gasteiger partial charge in [0.2, 0.25) is 0 Å². The van der Waals surface area contributed by atoms with Crippen molar-refractivity contribution in [1.82, 2.24) is 4.98 Å². The molecule has 0 spiro atoms. The average Bonchev–Trinajstić information content (AvgIpc) is 2.28. The van der Waals surface area contributed by atoms with Crippen molar-refractivity contribution in [3.63, 3.8) is 0 Å². The molecule has 80 valence electrons. The van der Waals surface area contributed by atoms with Crippen LogP contribution in [-0.2, 0) is 16.6 Å². The van der Waals surface area contributed by atoms with E-state index < -0.39 is 11.4 Å². The molecule has 0 aliphatic heterocycles. The Kier molecular flexibility index (Phi) is 2.44. The molecule has 1 unspecified atom stereocenters. The molecule has 0 fully saturated rings. The zero-order valence-electron chi connectivity index (χ0n) is 8.31. The highest BCUT2D eigenvalue weighted by Gasteiger charge is 2.44. The Morgan fingerprint density at radius 3 is 3.07 bits per heavy atom. The van der Waals surface area contributed by atoms with Gasteiger partial charge in [0.05, 0.1) is 12.3 Å². The number of carbonyl (C=O) groups is 1. The lowest BCUT2D eigenvalue weighted by molar-refractivity contribution is -0.146. The fourth-order valence-electron chi connectivity index (χ4n) is 2.20. The van der Waals surface area contributed by atoms with Crippen molar-refractivity contribution in [2.45, 2.75) is 24.7 Å². The van der Waals surface area contributed by atoms with Crippen molar-refractivity contribution >= 4 is 5.97 Å². The molecule has 1 heterocycles. The quantitative estimate of drug-likeness (QED) is 0.750. The molecular formula is C11H13NO3. The second kappa shape index (κ2) is 3.62. The van der Waals surface area contributed by atoms with Crippen LogP contribution in [0.3, 0.4) is 0 Å². The van der Waals surface area contributed by atoms with E-state index in [0.29, 0.717) is 12.1 Å². The third-order valence-electron chi connectivity index (χ3n) is 3.07. The van der Waals surface area contributed by atoms with Crippen molar-refractivity contribution in [3.8, 4) is 0 Å². The number of nitrogens with zero attached hydrogens (tertiary/aromatic N) is 1. The number of aliphatic hydroxyl groups is 1. The SMILES string of the molecule is O=C(O)C1(CO)CCCc2cccnc21. The van der Waals surface area contributed by atoms with Gasteiger partial charge in [-0.15, -0.1) is 0 Å². The summed E-state index contributed by atoms with van der Waals surface area (Å²) in [6, 6.07) is 3.68. The zero-order valence-corrected chi connectivity index (χ0v) is 8.31. The van der Waals surface area contributed by atoms with Crippen LogP contribution in [0.15, 0.2) is 18.3 Å². The number of carboxylic acids is 1. The van der Waals surface area contributed by atoms with E-state index >= 15 is 0 Å². The highest BCUT2D eigenvalue weighted by atomic mass is 16.4. The molecule has 1 atom stereocenters. The molecule has 0 saturated carbocycles. The topological polar surface area (TPSA) is 70.4 Å². The van der Waals surface area contributed by atoms with Gasteiger partial charge in [-0.2, -0.15) is 0 Å². The van der Waals surface area contributed by atoms with E-state index in [-0.39, 0.29) is 6.61 Å². The van der Waals surface area contributed by atoms with Crippen LogP contribution in [-0.4, -0.2) is 27.8 Å². The lowest BCUT2D eigenvalue weighted by Crippen LogP contribution is -2.43. The van der Waals surface area contributed by atoms with Crippen LogP contribution in [0.25, 0.3) is 0 Å². The number of aliphatic hydroxyl groups excluding tert-OH is 1. The number of carboxylic acid groups (broad SMARTS) is 1. The molecule has 0 amide bonds. The standard InChI is InChI=1S/C11H13NO3/c13-7-11(10(14)15)5-1-3-8-4-2-6-12-9(8)11/h2,4,6,13H,1,3,5,7H2,(H,14,15). The minimum absolute atomic E-state index is 0.383. The van der Waals surface area contributed by atoms with E-state index in [1.165, 1.54) is 0 Å². The van der Waals surface area contributed by atoms with Crippen molar-refractivity contribution in [1.29, 1.82) is 0 Å². The predicted octanol–water partition coefficient (Wildman–Crippen LogP) is 0.733. The second-order valence-electron chi connectivity index (χ2n) is 3.91. The molecule has 0 saturated heterocycles.